The van der Waals surface area contributed by atoms with E-state index in [0.29, 0.717) is 13.2 Å². The van der Waals surface area contributed by atoms with Gasteiger partial charge in [0.05, 0.1) is 11.2 Å². The average molecular weight is 683 g/mol. The van der Waals surface area contributed by atoms with Gasteiger partial charge in [-0.15, -0.1) is 12.8 Å². The summed E-state index contributed by atoms with van der Waals surface area (Å²) >= 11 is 0. The Morgan fingerprint density at radius 3 is 0.885 bits per heavy atom. The molecular formula is C50H50O2. The largest absolute Gasteiger partial charge is 0.362 e. The lowest BCUT2D eigenvalue weighted by atomic mass is 9.25. The number of hydrogen-bond donors (Lipinski definition) is 0. The molecule has 0 radical (unpaired) electrons. The van der Waals surface area contributed by atoms with Gasteiger partial charge in [0.2, 0.25) is 0 Å². The van der Waals surface area contributed by atoms with Crippen LogP contribution in [-0.4, -0.2) is 24.4 Å². The first-order chi connectivity index (χ1) is 25.3. The lowest BCUT2D eigenvalue weighted by Crippen LogP contribution is -2.76. The fraction of sp³-hybridized carbons (Fsp3) is 0.440. The summed E-state index contributed by atoms with van der Waals surface area (Å²) in [5.41, 5.74) is 5.25. The van der Waals surface area contributed by atoms with Gasteiger partial charge in [0, 0.05) is 0 Å². The lowest BCUT2D eigenvalue weighted by molar-refractivity contribution is -0.296. The first-order valence-corrected chi connectivity index (χ1v) is 19.6. The maximum atomic E-state index is 7.19. The van der Waals surface area contributed by atoms with Crippen LogP contribution in [0.5, 0.6) is 0 Å². The summed E-state index contributed by atoms with van der Waals surface area (Å²) in [7, 11) is 0. The number of ether oxygens (including phenoxy) is 2. The highest BCUT2D eigenvalue weighted by Crippen LogP contribution is 2.84. The van der Waals surface area contributed by atoms with Crippen molar-refractivity contribution in [3.8, 4) is 24.7 Å². The Balaban J connectivity index is 1.25. The molecule has 4 aromatic carbocycles. The molecule has 0 aliphatic heterocycles. The van der Waals surface area contributed by atoms with E-state index in [1.54, 1.807) is 0 Å². The number of rotatable bonds is 9. The normalized spacial score (nSPS) is 40.7. The first kappa shape index (κ1) is 32.6. The van der Waals surface area contributed by atoms with Gasteiger partial charge in [-0.1, -0.05) is 133 Å². The fourth-order valence-corrected chi connectivity index (χ4v) is 15.3. The Labute approximate surface area is 310 Å². The molecular weight excluding hydrogens is 633 g/mol. The summed E-state index contributed by atoms with van der Waals surface area (Å²) in [6.45, 7) is 0.714. The third kappa shape index (κ3) is 4.54. The van der Waals surface area contributed by atoms with E-state index in [2.05, 4.69) is 133 Å². The smallest absolute Gasteiger partial charge is 0.108 e. The molecule has 2 heteroatoms. The van der Waals surface area contributed by atoms with E-state index in [1.165, 1.54) is 47.9 Å². The standard InChI is InChI=1S/C50H50O2/c1-3-25-51-49-33-43(39-17-9-5-10-18-39)27-44(34-49,40-19-11-6-12-20-40)30-47(29-43,37-49)48-31-45(41-21-13-7-14-22-41)28-46(32-48,42-23-15-8-16-24-42)36-50(35-45,38-48)52-26-4-2/h1-2,5-24H,25-38H2. The van der Waals surface area contributed by atoms with Gasteiger partial charge in [0.15, 0.2) is 0 Å². The summed E-state index contributed by atoms with van der Waals surface area (Å²) in [4.78, 5) is 0. The zero-order valence-corrected chi connectivity index (χ0v) is 30.4. The minimum Gasteiger partial charge on any atom is -0.362 e. The van der Waals surface area contributed by atoms with E-state index in [-0.39, 0.29) is 43.7 Å². The van der Waals surface area contributed by atoms with Crippen LogP contribution in [0, 0.1) is 35.5 Å². The highest BCUT2D eigenvalue weighted by Gasteiger charge is 2.79. The highest BCUT2D eigenvalue weighted by atomic mass is 16.5. The van der Waals surface area contributed by atoms with Crippen LogP contribution in [0.2, 0.25) is 0 Å². The zero-order chi connectivity index (χ0) is 35.2. The summed E-state index contributed by atoms with van der Waals surface area (Å²) in [5, 5.41) is 0. The van der Waals surface area contributed by atoms with Crippen LogP contribution in [-0.2, 0) is 31.1 Å². The van der Waals surface area contributed by atoms with Gasteiger partial charge in [-0.05, 0) is 132 Å². The van der Waals surface area contributed by atoms with Crippen molar-refractivity contribution < 1.29 is 9.47 Å². The van der Waals surface area contributed by atoms with Crippen molar-refractivity contribution in [3.05, 3.63) is 144 Å². The van der Waals surface area contributed by atoms with Crippen LogP contribution >= 0.6 is 0 Å². The molecule has 4 unspecified atom stereocenters. The van der Waals surface area contributed by atoms with Crippen LogP contribution in [0.15, 0.2) is 121 Å². The SMILES string of the molecule is C#CCOC12CC3(c4ccccc4)CC(c4ccccc4)(C1)CC(C14CC5(OCC#C)CC(c6ccccc6)(CC(c6ccccc6)(C5)C1)C4)(C2)C3. The molecule has 0 saturated heterocycles. The van der Waals surface area contributed by atoms with Crippen LogP contribution < -0.4 is 0 Å². The third-order valence-corrected chi connectivity index (χ3v) is 15.6. The second-order valence-electron chi connectivity index (χ2n) is 18.6. The molecule has 2 nitrogen and oxygen atoms in total. The van der Waals surface area contributed by atoms with E-state index >= 15 is 0 Å². The second kappa shape index (κ2) is 11.2. The molecule has 8 saturated carbocycles. The van der Waals surface area contributed by atoms with Crippen molar-refractivity contribution in [2.24, 2.45) is 10.8 Å². The van der Waals surface area contributed by atoms with E-state index in [0.717, 1.165) is 51.4 Å². The third-order valence-electron chi connectivity index (χ3n) is 15.6. The topological polar surface area (TPSA) is 18.5 Å². The van der Waals surface area contributed by atoms with Crippen molar-refractivity contribution in [1.82, 2.24) is 0 Å². The first-order valence-electron chi connectivity index (χ1n) is 19.6. The molecule has 0 heterocycles. The summed E-state index contributed by atoms with van der Waals surface area (Å²) in [6, 6.07) is 46.1. The second-order valence-corrected chi connectivity index (χ2v) is 18.6. The molecule has 4 atom stereocenters. The summed E-state index contributed by atoms with van der Waals surface area (Å²) in [5.74, 6) is 5.84. The molecule has 262 valence electrons. The zero-order valence-electron chi connectivity index (χ0n) is 30.4. The van der Waals surface area contributed by atoms with Gasteiger partial charge >= 0.3 is 0 Å². The van der Waals surface area contributed by atoms with Gasteiger partial charge in [0.1, 0.15) is 13.2 Å². The van der Waals surface area contributed by atoms with Crippen molar-refractivity contribution in [2.45, 2.75) is 110 Å². The monoisotopic (exact) mass is 682 g/mol. The maximum absolute atomic E-state index is 7.19. The predicted molar refractivity (Wildman–Crippen MR) is 208 cm³/mol. The van der Waals surface area contributed by atoms with Crippen LogP contribution in [0.1, 0.15) is 99.3 Å². The van der Waals surface area contributed by atoms with Gasteiger partial charge in [-0.25, -0.2) is 0 Å². The molecule has 0 amide bonds. The number of hydrogen-bond acceptors (Lipinski definition) is 2. The molecule has 0 aromatic heterocycles. The Morgan fingerprint density at radius 1 is 0.365 bits per heavy atom. The van der Waals surface area contributed by atoms with Crippen LogP contribution in [0.4, 0.5) is 0 Å². The summed E-state index contributed by atoms with van der Waals surface area (Å²) < 4.78 is 14.4. The molecule has 8 aliphatic rings. The van der Waals surface area contributed by atoms with E-state index in [4.69, 9.17) is 22.3 Å². The molecule has 8 bridgehead atoms. The van der Waals surface area contributed by atoms with Crippen molar-refractivity contribution >= 4 is 0 Å². The average Bonchev–Trinajstić information content (AvgIpc) is 3.17. The van der Waals surface area contributed by atoms with Crippen molar-refractivity contribution in [2.75, 3.05) is 13.2 Å². The predicted octanol–water partition coefficient (Wildman–Crippen LogP) is 10.3. The minimum atomic E-state index is -0.303. The molecule has 12 rings (SSSR count). The van der Waals surface area contributed by atoms with Gasteiger partial charge in [-0.2, -0.15) is 0 Å². The molecule has 4 aromatic rings. The van der Waals surface area contributed by atoms with E-state index < -0.39 is 0 Å². The molecule has 0 N–H and O–H groups in total. The molecule has 0 spiro atoms. The Bertz CT molecular complexity index is 1790. The van der Waals surface area contributed by atoms with Crippen LogP contribution in [0.3, 0.4) is 0 Å². The molecule has 8 aliphatic carbocycles. The molecule has 52 heavy (non-hydrogen) atoms. The summed E-state index contributed by atoms with van der Waals surface area (Å²) in [6.07, 6.45) is 25.4. The Kier molecular flexibility index (Phi) is 7.02. The molecule has 8 fully saturated rings. The highest BCUT2D eigenvalue weighted by molar-refractivity contribution is 5.46. The quantitative estimate of drug-likeness (QED) is 0.164. The van der Waals surface area contributed by atoms with E-state index in [9.17, 15) is 0 Å². The minimum absolute atomic E-state index is 0.00804. The number of terminal acetylenes is 2. The fourth-order valence-electron chi connectivity index (χ4n) is 15.3. The Morgan fingerprint density at radius 2 is 0.635 bits per heavy atom. The van der Waals surface area contributed by atoms with Gasteiger partial charge in [0.25, 0.3) is 0 Å². The van der Waals surface area contributed by atoms with Crippen molar-refractivity contribution in [1.29, 1.82) is 0 Å². The van der Waals surface area contributed by atoms with Gasteiger partial charge < -0.3 is 9.47 Å². The Hall–Kier alpha value is -4.08. The van der Waals surface area contributed by atoms with E-state index in [1.807, 2.05) is 0 Å². The lowest BCUT2D eigenvalue weighted by Gasteiger charge is -2.80. The van der Waals surface area contributed by atoms with Crippen molar-refractivity contribution in [3.63, 3.8) is 0 Å². The number of benzene rings is 4. The van der Waals surface area contributed by atoms with Crippen LogP contribution in [0.25, 0.3) is 0 Å². The maximum Gasteiger partial charge on any atom is 0.108 e. The van der Waals surface area contributed by atoms with Gasteiger partial charge in [-0.3, -0.25) is 0 Å².